The summed E-state index contributed by atoms with van der Waals surface area (Å²) in [6.45, 7) is 11.0. The van der Waals surface area contributed by atoms with Gasteiger partial charge >= 0.3 is 0 Å². The lowest BCUT2D eigenvalue weighted by Crippen LogP contribution is -2.28. The number of nitrogens with zero attached hydrogens (tertiary/aromatic N) is 1. The fourth-order valence-electron chi connectivity index (χ4n) is 1.31. The van der Waals surface area contributed by atoms with Crippen molar-refractivity contribution in [2.75, 3.05) is 13.1 Å². The largest absolute Gasteiger partial charge is 0.316 e. The van der Waals surface area contributed by atoms with Crippen LogP contribution in [0.4, 0.5) is 0 Å². The number of aryl methyl sites for hydroxylation is 1. The Morgan fingerprint density at radius 3 is 2.67 bits per heavy atom. The summed E-state index contributed by atoms with van der Waals surface area (Å²) in [5.74, 6) is 0. The molecule has 0 aliphatic carbocycles. The summed E-state index contributed by atoms with van der Waals surface area (Å²) in [5, 5.41) is 6.89. The lowest BCUT2D eigenvalue weighted by molar-refractivity contribution is 0.381. The molecule has 1 aromatic heterocycles. The molecule has 0 fully saturated rings. The Bertz CT molecular complexity index is 286. The van der Waals surface area contributed by atoms with Crippen molar-refractivity contribution in [2.45, 2.75) is 40.5 Å². The minimum atomic E-state index is 0.372. The molecule has 1 rings (SSSR count). The first kappa shape index (κ1) is 12.7. The smallest absolute Gasteiger partial charge is 0.0925 e. The van der Waals surface area contributed by atoms with Gasteiger partial charge in [0.2, 0.25) is 0 Å². The van der Waals surface area contributed by atoms with Crippen molar-refractivity contribution < 1.29 is 0 Å². The van der Waals surface area contributed by atoms with Crippen LogP contribution in [-0.4, -0.2) is 18.1 Å². The molecule has 0 spiro atoms. The molecule has 86 valence electrons. The summed E-state index contributed by atoms with van der Waals surface area (Å²) in [7, 11) is 0. The number of thiazole rings is 1. The van der Waals surface area contributed by atoms with Gasteiger partial charge in [0, 0.05) is 24.9 Å². The highest BCUT2D eigenvalue weighted by Crippen LogP contribution is 2.11. The molecule has 0 saturated heterocycles. The van der Waals surface area contributed by atoms with Gasteiger partial charge in [-0.25, -0.2) is 4.98 Å². The summed E-state index contributed by atoms with van der Waals surface area (Å²) >= 11 is 1.77. The van der Waals surface area contributed by atoms with E-state index in [0.29, 0.717) is 5.41 Å². The fraction of sp³-hybridized carbons (Fsp3) is 0.750. The Morgan fingerprint density at radius 2 is 2.13 bits per heavy atom. The number of nitrogens with one attached hydrogen (secondary N) is 1. The van der Waals surface area contributed by atoms with E-state index >= 15 is 0 Å². The standard InChI is InChI=1S/C12H22N2S/c1-5-11-14-10(8-15-11)6-7-13-9-12(2,3)4/h8,13H,5-7,9H2,1-4H3. The van der Waals surface area contributed by atoms with Crippen LogP contribution < -0.4 is 5.32 Å². The molecule has 2 nitrogen and oxygen atoms in total. The van der Waals surface area contributed by atoms with Gasteiger partial charge in [0.05, 0.1) is 10.7 Å². The van der Waals surface area contributed by atoms with Crippen molar-refractivity contribution >= 4 is 11.3 Å². The van der Waals surface area contributed by atoms with Crippen LogP contribution in [0.3, 0.4) is 0 Å². The predicted molar refractivity (Wildman–Crippen MR) is 67.5 cm³/mol. The topological polar surface area (TPSA) is 24.9 Å². The van der Waals surface area contributed by atoms with Crippen LogP contribution >= 0.6 is 11.3 Å². The highest BCUT2D eigenvalue weighted by Gasteiger charge is 2.08. The van der Waals surface area contributed by atoms with Crippen LogP contribution in [0.1, 0.15) is 38.4 Å². The first-order valence-corrected chi connectivity index (χ1v) is 6.53. The molecule has 1 aromatic rings. The van der Waals surface area contributed by atoms with Crippen molar-refractivity contribution in [3.05, 3.63) is 16.1 Å². The molecule has 1 N–H and O–H groups in total. The van der Waals surface area contributed by atoms with E-state index in [1.54, 1.807) is 11.3 Å². The highest BCUT2D eigenvalue weighted by molar-refractivity contribution is 7.09. The Balaban J connectivity index is 2.20. The van der Waals surface area contributed by atoms with Gasteiger partial charge in [0.1, 0.15) is 0 Å². The Morgan fingerprint density at radius 1 is 1.40 bits per heavy atom. The Kier molecular flexibility index (Phi) is 4.74. The second kappa shape index (κ2) is 5.61. The zero-order valence-corrected chi connectivity index (χ0v) is 11.1. The molecule has 0 aliphatic heterocycles. The van der Waals surface area contributed by atoms with Crippen molar-refractivity contribution in [3.63, 3.8) is 0 Å². The van der Waals surface area contributed by atoms with Gasteiger partial charge in [-0.05, 0) is 11.8 Å². The highest BCUT2D eigenvalue weighted by atomic mass is 32.1. The molecular formula is C12H22N2S. The Labute approximate surface area is 97.1 Å². The summed E-state index contributed by atoms with van der Waals surface area (Å²) in [4.78, 5) is 4.54. The lowest BCUT2D eigenvalue weighted by Gasteiger charge is -2.18. The first-order valence-electron chi connectivity index (χ1n) is 5.65. The summed E-state index contributed by atoms with van der Waals surface area (Å²) in [5.41, 5.74) is 1.61. The summed E-state index contributed by atoms with van der Waals surface area (Å²) in [6, 6.07) is 0. The van der Waals surface area contributed by atoms with Crippen molar-refractivity contribution in [2.24, 2.45) is 5.41 Å². The maximum absolute atomic E-state index is 4.54. The molecule has 0 atom stereocenters. The van der Waals surface area contributed by atoms with Crippen LogP contribution in [0.25, 0.3) is 0 Å². The molecule has 0 aromatic carbocycles. The first-order chi connectivity index (χ1) is 7.01. The quantitative estimate of drug-likeness (QED) is 0.781. The second-order valence-electron chi connectivity index (χ2n) is 5.07. The van der Waals surface area contributed by atoms with Crippen molar-refractivity contribution in [3.8, 4) is 0 Å². The molecule has 0 saturated carbocycles. The predicted octanol–water partition coefficient (Wildman–Crippen LogP) is 2.88. The van der Waals surface area contributed by atoms with E-state index in [4.69, 9.17) is 0 Å². The van der Waals surface area contributed by atoms with Gasteiger partial charge in [-0.2, -0.15) is 0 Å². The summed E-state index contributed by atoms with van der Waals surface area (Å²) < 4.78 is 0. The maximum Gasteiger partial charge on any atom is 0.0925 e. The number of rotatable bonds is 5. The van der Waals surface area contributed by atoms with Crippen molar-refractivity contribution in [1.29, 1.82) is 0 Å². The van der Waals surface area contributed by atoms with E-state index in [1.807, 2.05) is 0 Å². The van der Waals surface area contributed by atoms with Crippen LogP contribution in [0, 0.1) is 5.41 Å². The molecule has 1 heterocycles. The van der Waals surface area contributed by atoms with Crippen LogP contribution in [0.15, 0.2) is 5.38 Å². The average Bonchev–Trinajstić information content (AvgIpc) is 2.59. The van der Waals surface area contributed by atoms with Gasteiger partial charge < -0.3 is 5.32 Å². The van der Waals surface area contributed by atoms with Gasteiger partial charge in [0.15, 0.2) is 0 Å². The third-order valence-corrected chi connectivity index (χ3v) is 3.16. The van der Waals surface area contributed by atoms with Gasteiger partial charge in [-0.15, -0.1) is 11.3 Å². The molecule has 3 heteroatoms. The molecule has 0 radical (unpaired) electrons. The van der Waals surface area contributed by atoms with Gasteiger partial charge in [-0.3, -0.25) is 0 Å². The van der Waals surface area contributed by atoms with Gasteiger partial charge in [-0.1, -0.05) is 27.7 Å². The number of hydrogen-bond donors (Lipinski definition) is 1. The SMILES string of the molecule is CCc1nc(CCNCC(C)(C)C)cs1. The molecule has 15 heavy (non-hydrogen) atoms. The summed E-state index contributed by atoms with van der Waals surface area (Å²) in [6.07, 6.45) is 2.10. The molecule has 0 bridgehead atoms. The van der Waals surface area contributed by atoms with E-state index < -0.39 is 0 Å². The zero-order valence-electron chi connectivity index (χ0n) is 10.3. The van der Waals surface area contributed by atoms with Crippen LogP contribution in [-0.2, 0) is 12.8 Å². The molecule has 0 unspecified atom stereocenters. The minimum Gasteiger partial charge on any atom is -0.316 e. The van der Waals surface area contributed by atoms with Gasteiger partial charge in [0.25, 0.3) is 0 Å². The third kappa shape index (κ3) is 5.28. The van der Waals surface area contributed by atoms with Crippen molar-refractivity contribution in [1.82, 2.24) is 10.3 Å². The third-order valence-electron chi connectivity index (χ3n) is 2.12. The zero-order chi connectivity index (χ0) is 11.3. The monoisotopic (exact) mass is 226 g/mol. The van der Waals surface area contributed by atoms with E-state index in [9.17, 15) is 0 Å². The number of hydrogen-bond acceptors (Lipinski definition) is 3. The molecule has 0 amide bonds. The molecular weight excluding hydrogens is 204 g/mol. The van der Waals surface area contributed by atoms with E-state index in [2.05, 4.69) is 43.4 Å². The van der Waals surface area contributed by atoms with E-state index in [1.165, 1.54) is 10.7 Å². The van der Waals surface area contributed by atoms with Crippen LogP contribution in [0.5, 0.6) is 0 Å². The normalized spacial score (nSPS) is 12.0. The maximum atomic E-state index is 4.54. The average molecular weight is 226 g/mol. The van der Waals surface area contributed by atoms with Crippen LogP contribution in [0.2, 0.25) is 0 Å². The second-order valence-corrected chi connectivity index (χ2v) is 6.02. The van der Waals surface area contributed by atoms with E-state index in [0.717, 1.165) is 25.9 Å². The fourth-order valence-corrected chi connectivity index (χ4v) is 2.09. The number of aromatic nitrogens is 1. The lowest BCUT2D eigenvalue weighted by atomic mass is 9.97. The molecule has 0 aliphatic rings. The van der Waals surface area contributed by atoms with E-state index in [-0.39, 0.29) is 0 Å². The minimum absolute atomic E-state index is 0.372. The Hall–Kier alpha value is -0.410.